The monoisotopic (exact) mass is 320 g/mol. The average Bonchev–Trinajstić information content (AvgIpc) is 2.98. The molecule has 0 fully saturated rings. The molecule has 18 heavy (non-hydrogen) atoms. The van der Waals surface area contributed by atoms with E-state index in [9.17, 15) is 0 Å². The van der Waals surface area contributed by atoms with Crippen LogP contribution in [0.4, 0.5) is 0 Å². The lowest BCUT2D eigenvalue weighted by molar-refractivity contribution is 0.808. The topological polar surface area (TPSA) is 17.8 Å². The highest BCUT2D eigenvalue weighted by atomic mass is 79.9. The van der Waals surface area contributed by atoms with E-state index in [0.29, 0.717) is 0 Å². The summed E-state index contributed by atoms with van der Waals surface area (Å²) < 4.78 is 3.39. The van der Waals surface area contributed by atoms with Gasteiger partial charge < -0.3 is 4.57 Å². The molecule has 4 heteroatoms. The van der Waals surface area contributed by atoms with E-state index in [-0.39, 0.29) is 0 Å². The molecule has 1 aromatic carbocycles. The van der Waals surface area contributed by atoms with Crippen molar-refractivity contribution in [3.63, 3.8) is 0 Å². The molecule has 0 radical (unpaired) electrons. The van der Waals surface area contributed by atoms with Crippen molar-refractivity contribution in [1.29, 1.82) is 0 Å². The van der Waals surface area contributed by atoms with Crippen molar-refractivity contribution >= 4 is 38.2 Å². The van der Waals surface area contributed by atoms with Gasteiger partial charge >= 0.3 is 0 Å². The van der Waals surface area contributed by atoms with Crippen molar-refractivity contribution in [1.82, 2.24) is 9.55 Å². The summed E-state index contributed by atoms with van der Waals surface area (Å²) in [4.78, 5) is 4.62. The number of aromatic nitrogens is 2. The average molecular weight is 321 g/mol. The van der Waals surface area contributed by atoms with Crippen molar-refractivity contribution in [3.8, 4) is 0 Å². The summed E-state index contributed by atoms with van der Waals surface area (Å²) in [6, 6.07) is 8.44. The van der Waals surface area contributed by atoms with Gasteiger partial charge in [-0.1, -0.05) is 28.9 Å². The van der Waals surface area contributed by atoms with Crippen LogP contribution in [0.5, 0.6) is 0 Å². The molecule has 2 nitrogen and oxygen atoms in total. The van der Waals surface area contributed by atoms with Gasteiger partial charge in [0, 0.05) is 27.0 Å². The third-order valence-electron chi connectivity index (χ3n) is 2.99. The standard InChI is InChI=1S/C14H13BrN2S/c1-2-14-16-10(9-18-14)8-17-7-6-11-12(15)4-3-5-13(11)17/h3-7,9H,2,8H2,1H3. The van der Waals surface area contributed by atoms with E-state index in [1.165, 1.54) is 15.9 Å². The van der Waals surface area contributed by atoms with Gasteiger partial charge in [0.25, 0.3) is 0 Å². The molecule has 0 saturated heterocycles. The van der Waals surface area contributed by atoms with Gasteiger partial charge in [0.15, 0.2) is 0 Å². The van der Waals surface area contributed by atoms with Gasteiger partial charge in [0.05, 0.1) is 17.2 Å². The predicted octanol–water partition coefficient (Wildman–Crippen LogP) is 4.47. The molecule has 3 rings (SSSR count). The van der Waals surface area contributed by atoms with Crippen LogP contribution in [-0.4, -0.2) is 9.55 Å². The lowest BCUT2D eigenvalue weighted by atomic mass is 10.2. The summed E-state index contributed by atoms with van der Waals surface area (Å²) in [5.74, 6) is 0. The van der Waals surface area contributed by atoms with Crippen molar-refractivity contribution < 1.29 is 0 Å². The van der Waals surface area contributed by atoms with Crippen molar-refractivity contribution in [3.05, 3.63) is 51.0 Å². The normalized spacial score (nSPS) is 11.2. The second kappa shape index (κ2) is 4.86. The third-order valence-corrected chi connectivity index (χ3v) is 4.73. The van der Waals surface area contributed by atoms with Gasteiger partial charge in [-0.05, 0) is 24.6 Å². The Morgan fingerprint density at radius 1 is 1.33 bits per heavy atom. The highest BCUT2D eigenvalue weighted by Crippen LogP contribution is 2.25. The smallest absolute Gasteiger partial charge is 0.0926 e. The van der Waals surface area contributed by atoms with Gasteiger partial charge in [0.1, 0.15) is 0 Å². The van der Waals surface area contributed by atoms with Crippen LogP contribution in [0.25, 0.3) is 10.9 Å². The number of nitrogens with zero attached hydrogens (tertiary/aromatic N) is 2. The quantitative estimate of drug-likeness (QED) is 0.696. The molecule has 0 unspecified atom stereocenters. The minimum Gasteiger partial charge on any atom is -0.341 e. The lowest BCUT2D eigenvalue weighted by Crippen LogP contribution is -1.98. The van der Waals surface area contributed by atoms with Crippen LogP contribution in [-0.2, 0) is 13.0 Å². The van der Waals surface area contributed by atoms with E-state index in [1.54, 1.807) is 11.3 Å². The SMILES string of the molecule is CCc1nc(Cn2ccc3c(Br)cccc32)cs1. The highest BCUT2D eigenvalue weighted by Gasteiger charge is 2.06. The zero-order valence-electron chi connectivity index (χ0n) is 10.1. The minimum atomic E-state index is 0.844. The summed E-state index contributed by atoms with van der Waals surface area (Å²) in [6.07, 6.45) is 3.14. The predicted molar refractivity (Wildman–Crippen MR) is 80.2 cm³/mol. The Morgan fingerprint density at radius 2 is 2.22 bits per heavy atom. The van der Waals surface area contributed by atoms with E-state index in [1.807, 2.05) is 0 Å². The molecular weight excluding hydrogens is 308 g/mol. The van der Waals surface area contributed by atoms with Gasteiger partial charge in [0.2, 0.25) is 0 Å². The van der Waals surface area contributed by atoms with E-state index in [0.717, 1.165) is 23.1 Å². The molecule has 2 aromatic heterocycles. The summed E-state index contributed by atoms with van der Waals surface area (Å²) >= 11 is 5.33. The summed E-state index contributed by atoms with van der Waals surface area (Å²) in [5, 5.41) is 4.62. The maximum Gasteiger partial charge on any atom is 0.0926 e. The number of fused-ring (bicyclic) bond motifs is 1. The lowest BCUT2D eigenvalue weighted by Gasteiger charge is -2.03. The molecule has 2 heterocycles. The zero-order chi connectivity index (χ0) is 12.5. The largest absolute Gasteiger partial charge is 0.341 e. The number of rotatable bonds is 3. The third kappa shape index (κ3) is 2.10. The molecule has 0 saturated carbocycles. The molecule has 0 spiro atoms. The fourth-order valence-electron chi connectivity index (χ4n) is 2.08. The van der Waals surface area contributed by atoms with Crippen molar-refractivity contribution in [2.75, 3.05) is 0 Å². The van der Waals surface area contributed by atoms with Crippen LogP contribution in [0.15, 0.2) is 40.3 Å². The molecule has 0 aliphatic heterocycles. The molecule has 0 atom stereocenters. The Bertz CT molecular complexity index is 684. The maximum atomic E-state index is 4.62. The second-order valence-corrected chi connectivity index (χ2v) is 6.00. The Labute approximate surface area is 118 Å². The van der Waals surface area contributed by atoms with Gasteiger partial charge in [-0.2, -0.15) is 0 Å². The van der Waals surface area contributed by atoms with E-state index >= 15 is 0 Å². The zero-order valence-corrected chi connectivity index (χ0v) is 12.5. The molecule has 0 N–H and O–H groups in total. The number of halogens is 1. The minimum absolute atomic E-state index is 0.844. The van der Waals surface area contributed by atoms with E-state index < -0.39 is 0 Å². The van der Waals surface area contributed by atoms with Crippen LogP contribution >= 0.6 is 27.3 Å². The first kappa shape index (κ1) is 11.9. The van der Waals surface area contributed by atoms with Crippen molar-refractivity contribution in [2.45, 2.75) is 19.9 Å². The Balaban J connectivity index is 1.97. The number of hydrogen-bond acceptors (Lipinski definition) is 2. The van der Waals surface area contributed by atoms with E-state index in [2.05, 4.69) is 68.2 Å². The van der Waals surface area contributed by atoms with Crippen LogP contribution in [0, 0.1) is 0 Å². The van der Waals surface area contributed by atoms with Crippen LogP contribution < -0.4 is 0 Å². The fraction of sp³-hybridized carbons (Fsp3) is 0.214. The first-order valence-electron chi connectivity index (χ1n) is 5.94. The molecule has 0 bridgehead atoms. The molecule has 0 aliphatic rings. The highest BCUT2D eigenvalue weighted by molar-refractivity contribution is 9.10. The number of hydrogen-bond donors (Lipinski definition) is 0. The summed E-state index contributed by atoms with van der Waals surface area (Å²) in [6.45, 7) is 2.99. The van der Waals surface area contributed by atoms with Gasteiger partial charge in [-0.3, -0.25) is 0 Å². The molecule has 92 valence electrons. The first-order chi connectivity index (χ1) is 8.78. The van der Waals surface area contributed by atoms with Crippen LogP contribution in [0.1, 0.15) is 17.6 Å². The first-order valence-corrected chi connectivity index (χ1v) is 7.62. The van der Waals surface area contributed by atoms with E-state index in [4.69, 9.17) is 0 Å². The molecule has 0 aliphatic carbocycles. The van der Waals surface area contributed by atoms with Crippen LogP contribution in [0.2, 0.25) is 0 Å². The Hall–Kier alpha value is -1.13. The number of aryl methyl sites for hydroxylation is 1. The molecular formula is C14H13BrN2S. The number of thiazole rings is 1. The Kier molecular flexibility index (Phi) is 3.22. The van der Waals surface area contributed by atoms with Crippen LogP contribution in [0.3, 0.4) is 0 Å². The van der Waals surface area contributed by atoms with Gasteiger partial charge in [-0.25, -0.2) is 4.98 Å². The summed E-state index contributed by atoms with van der Waals surface area (Å²) in [7, 11) is 0. The molecule has 3 aromatic rings. The van der Waals surface area contributed by atoms with Gasteiger partial charge in [-0.15, -0.1) is 11.3 Å². The second-order valence-electron chi connectivity index (χ2n) is 4.20. The molecule has 0 amide bonds. The fourth-order valence-corrected chi connectivity index (χ4v) is 3.31. The van der Waals surface area contributed by atoms with Crippen molar-refractivity contribution in [2.24, 2.45) is 0 Å². The Morgan fingerprint density at radius 3 is 3.00 bits per heavy atom. The number of benzene rings is 1. The maximum absolute atomic E-state index is 4.62. The summed E-state index contributed by atoms with van der Waals surface area (Å²) in [5.41, 5.74) is 2.39.